The molecular weight excluding hydrogens is 268 g/mol. The maximum atomic E-state index is 12.4. The summed E-state index contributed by atoms with van der Waals surface area (Å²) >= 11 is 0. The second-order valence-electron chi connectivity index (χ2n) is 5.17. The van der Waals surface area contributed by atoms with Gasteiger partial charge in [0, 0.05) is 31.8 Å². The van der Waals surface area contributed by atoms with E-state index in [-0.39, 0.29) is 12.0 Å². The van der Waals surface area contributed by atoms with Gasteiger partial charge in [-0.3, -0.25) is 4.79 Å². The third-order valence-corrected chi connectivity index (χ3v) is 3.85. The zero-order valence-corrected chi connectivity index (χ0v) is 12.0. The van der Waals surface area contributed by atoms with Gasteiger partial charge < -0.3 is 14.2 Å². The summed E-state index contributed by atoms with van der Waals surface area (Å²) in [5.74, 6) is 0.543. The summed E-state index contributed by atoms with van der Waals surface area (Å²) in [6.45, 7) is 1.40. The third kappa shape index (κ3) is 2.97. The summed E-state index contributed by atoms with van der Waals surface area (Å²) in [7, 11) is 1.71. The van der Waals surface area contributed by atoms with Crippen molar-refractivity contribution in [3.8, 4) is 11.3 Å². The van der Waals surface area contributed by atoms with Crippen molar-refractivity contribution < 1.29 is 14.1 Å². The highest BCUT2D eigenvalue weighted by molar-refractivity contribution is 5.93. The highest BCUT2D eigenvalue weighted by Crippen LogP contribution is 2.21. The van der Waals surface area contributed by atoms with Crippen molar-refractivity contribution in [2.45, 2.75) is 18.9 Å². The number of hydrogen-bond donors (Lipinski definition) is 0. The van der Waals surface area contributed by atoms with Crippen LogP contribution in [0, 0.1) is 0 Å². The third-order valence-electron chi connectivity index (χ3n) is 3.85. The molecule has 1 aromatic heterocycles. The molecule has 0 spiro atoms. The lowest BCUT2D eigenvalue weighted by Gasteiger charge is -2.30. The van der Waals surface area contributed by atoms with E-state index in [1.54, 1.807) is 13.2 Å². The molecule has 1 fully saturated rings. The van der Waals surface area contributed by atoms with Gasteiger partial charge in [0.15, 0.2) is 11.5 Å². The number of likely N-dealkylation sites (tertiary alicyclic amines) is 1. The van der Waals surface area contributed by atoms with Gasteiger partial charge >= 0.3 is 0 Å². The lowest BCUT2D eigenvalue weighted by molar-refractivity contribution is 0.0345. The quantitative estimate of drug-likeness (QED) is 0.870. The molecule has 0 radical (unpaired) electrons. The number of hydrogen-bond acceptors (Lipinski definition) is 4. The molecule has 0 aliphatic carbocycles. The van der Waals surface area contributed by atoms with Gasteiger partial charge in [0.1, 0.15) is 0 Å². The molecule has 5 nitrogen and oxygen atoms in total. The average Bonchev–Trinajstić information content (AvgIpc) is 3.05. The number of rotatable bonds is 3. The SMILES string of the molecule is COC1CCN(C(=O)c2cc(-c3ccccc3)on2)CC1. The summed E-state index contributed by atoms with van der Waals surface area (Å²) in [6, 6.07) is 11.4. The molecule has 1 amide bonds. The predicted octanol–water partition coefficient (Wildman–Crippen LogP) is 2.59. The zero-order valence-electron chi connectivity index (χ0n) is 12.0. The van der Waals surface area contributed by atoms with Gasteiger partial charge in [-0.2, -0.15) is 0 Å². The van der Waals surface area contributed by atoms with E-state index in [4.69, 9.17) is 9.26 Å². The Morgan fingerprint density at radius 1 is 1.29 bits per heavy atom. The van der Waals surface area contributed by atoms with Gasteiger partial charge in [-0.1, -0.05) is 35.5 Å². The summed E-state index contributed by atoms with van der Waals surface area (Å²) in [4.78, 5) is 14.2. The number of amides is 1. The number of carbonyl (C=O) groups is 1. The minimum Gasteiger partial charge on any atom is -0.381 e. The first kappa shape index (κ1) is 13.8. The first-order valence-corrected chi connectivity index (χ1v) is 7.12. The molecule has 0 bridgehead atoms. The second-order valence-corrected chi connectivity index (χ2v) is 5.17. The van der Waals surface area contributed by atoms with E-state index in [9.17, 15) is 4.79 Å². The predicted molar refractivity (Wildman–Crippen MR) is 77.9 cm³/mol. The Bertz CT molecular complexity index is 601. The van der Waals surface area contributed by atoms with Crippen molar-refractivity contribution in [3.05, 3.63) is 42.1 Å². The first-order chi connectivity index (χ1) is 10.3. The summed E-state index contributed by atoms with van der Waals surface area (Å²) < 4.78 is 10.6. The van der Waals surface area contributed by atoms with Crippen LogP contribution in [0.4, 0.5) is 0 Å². The van der Waals surface area contributed by atoms with E-state index in [1.165, 1.54) is 0 Å². The minimum atomic E-state index is -0.0736. The Morgan fingerprint density at radius 2 is 2.00 bits per heavy atom. The van der Waals surface area contributed by atoms with E-state index in [0.717, 1.165) is 18.4 Å². The molecule has 0 unspecified atom stereocenters. The van der Waals surface area contributed by atoms with Crippen molar-refractivity contribution in [1.82, 2.24) is 10.1 Å². The molecular formula is C16H18N2O3. The Morgan fingerprint density at radius 3 is 2.67 bits per heavy atom. The number of methoxy groups -OCH3 is 1. The van der Waals surface area contributed by atoms with Crippen molar-refractivity contribution in [2.75, 3.05) is 20.2 Å². The van der Waals surface area contributed by atoms with Crippen LogP contribution < -0.4 is 0 Å². The molecule has 1 aliphatic heterocycles. The van der Waals surface area contributed by atoms with Crippen LogP contribution >= 0.6 is 0 Å². The van der Waals surface area contributed by atoms with Crippen molar-refractivity contribution in [3.63, 3.8) is 0 Å². The molecule has 2 aromatic rings. The van der Waals surface area contributed by atoms with Crippen LogP contribution in [0.15, 0.2) is 40.9 Å². The maximum Gasteiger partial charge on any atom is 0.276 e. The fourth-order valence-electron chi connectivity index (χ4n) is 2.57. The van der Waals surface area contributed by atoms with Gasteiger partial charge in [-0.25, -0.2) is 0 Å². The number of aromatic nitrogens is 1. The molecule has 5 heteroatoms. The van der Waals surface area contributed by atoms with Crippen LogP contribution in [0.1, 0.15) is 23.3 Å². The number of piperidine rings is 1. The molecule has 110 valence electrons. The van der Waals surface area contributed by atoms with Crippen LogP contribution in [0.3, 0.4) is 0 Å². The number of nitrogens with zero attached hydrogens (tertiary/aromatic N) is 2. The van der Waals surface area contributed by atoms with Crippen LogP contribution in [-0.4, -0.2) is 42.3 Å². The maximum absolute atomic E-state index is 12.4. The highest BCUT2D eigenvalue weighted by Gasteiger charge is 2.25. The molecule has 21 heavy (non-hydrogen) atoms. The van der Waals surface area contributed by atoms with E-state index in [2.05, 4.69) is 5.16 Å². The molecule has 1 aliphatic rings. The monoisotopic (exact) mass is 286 g/mol. The van der Waals surface area contributed by atoms with Gasteiger partial charge in [0.05, 0.1) is 6.10 Å². The van der Waals surface area contributed by atoms with E-state index < -0.39 is 0 Å². The smallest absolute Gasteiger partial charge is 0.276 e. The Balaban J connectivity index is 1.70. The normalized spacial score (nSPS) is 16.1. The summed E-state index contributed by atoms with van der Waals surface area (Å²) in [6.07, 6.45) is 1.99. The first-order valence-electron chi connectivity index (χ1n) is 7.12. The van der Waals surface area contributed by atoms with Gasteiger partial charge in [0.25, 0.3) is 5.91 Å². The van der Waals surface area contributed by atoms with Crippen LogP contribution in [-0.2, 0) is 4.74 Å². The molecule has 2 heterocycles. The second kappa shape index (κ2) is 6.10. The number of benzene rings is 1. The van der Waals surface area contributed by atoms with E-state index in [1.807, 2.05) is 35.2 Å². The molecule has 0 N–H and O–H groups in total. The van der Waals surface area contributed by atoms with Gasteiger partial charge in [-0.05, 0) is 12.8 Å². The van der Waals surface area contributed by atoms with Crippen molar-refractivity contribution in [2.24, 2.45) is 0 Å². The topological polar surface area (TPSA) is 55.6 Å². The molecule has 1 aromatic carbocycles. The molecule has 3 rings (SSSR count). The van der Waals surface area contributed by atoms with Crippen molar-refractivity contribution >= 4 is 5.91 Å². The zero-order chi connectivity index (χ0) is 14.7. The standard InChI is InChI=1S/C16H18N2O3/c1-20-13-7-9-18(10-8-13)16(19)14-11-15(21-17-14)12-5-3-2-4-6-12/h2-6,11,13H,7-10H2,1H3. The van der Waals surface area contributed by atoms with Crippen LogP contribution in [0.25, 0.3) is 11.3 Å². The Labute approximate surface area is 123 Å². The van der Waals surface area contributed by atoms with Crippen LogP contribution in [0.2, 0.25) is 0 Å². The van der Waals surface area contributed by atoms with E-state index >= 15 is 0 Å². The fourth-order valence-corrected chi connectivity index (χ4v) is 2.57. The lowest BCUT2D eigenvalue weighted by Crippen LogP contribution is -2.40. The van der Waals surface area contributed by atoms with E-state index in [0.29, 0.717) is 24.5 Å². The van der Waals surface area contributed by atoms with Crippen molar-refractivity contribution in [1.29, 1.82) is 0 Å². The Kier molecular flexibility index (Phi) is 4.01. The number of carbonyl (C=O) groups excluding carboxylic acids is 1. The van der Waals surface area contributed by atoms with Gasteiger partial charge in [0.2, 0.25) is 0 Å². The molecule has 0 atom stereocenters. The van der Waals surface area contributed by atoms with Gasteiger partial charge in [-0.15, -0.1) is 0 Å². The highest BCUT2D eigenvalue weighted by atomic mass is 16.5. The average molecular weight is 286 g/mol. The number of ether oxygens (including phenoxy) is 1. The summed E-state index contributed by atoms with van der Waals surface area (Å²) in [5, 5.41) is 3.91. The Hall–Kier alpha value is -2.14. The lowest BCUT2D eigenvalue weighted by atomic mass is 10.1. The largest absolute Gasteiger partial charge is 0.381 e. The summed E-state index contributed by atoms with van der Waals surface area (Å²) in [5.41, 5.74) is 1.28. The molecule has 0 saturated carbocycles. The minimum absolute atomic E-state index is 0.0736. The molecule has 1 saturated heterocycles. The fraction of sp³-hybridized carbons (Fsp3) is 0.375. The van der Waals surface area contributed by atoms with Crippen LogP contribution in [0.5, 0.6) is 0 Å².